The fourth-order valence-electron chi connectivity index (χ4n) is 2.32. The van der Waals surface area contributed by atoms with Crippen molar-refractivity contribution in [1.29, 1.82) is 0 Å². The number of hydrogen-bond acceptors (Lipinski definition) is 2. The Bertz CT molecular complexity index is 441. The second-order valence-electron chi connectivity index (χ2n) is 4.96. The molecule has 2 rings (SSSR count). The van der Waals surface area contributed by atoms with Gasteiger partial charge < -0.3 is 15.3 Å². The number of rotatable bonds is 4. The average Bonchev–Trinajstić information content (AvgIpc) is 2.98. The Hall–Kier alpha value is -1.26. The van der Waals surface area contributed by atoms with E-state index in [9.17, 15) is 5.11 Å². The van der Waals surface area contributed by atoms with Crippen molar-refractivity contribution in [3.63, 3.8) is 0 Å². The Balaban J connectivity index is 1.98. The fourth-order valence-corrected chi connectivity index (χ4v) is 2.44. The van der Waals surface area contributed by atoms with E-state index >= 15 is 0 Å². The minimum atomic E-state index is -0.594. The topological polar surface area (TPSA) is 47.9 Å². The molecule has 0 spiro atoms. The van der Waals surface area contributed by atoms with Crippen LogP contribution in [0.1, 0.15) is 31.4 Å². The highest BCUT2D eigenvalue weighted by molar-refractivity contribution is 6.30. The lowest BCUT2D eigenvalue weighted by Crippen LogP contribution is -2.39. The van der Waals surface area contributed by atoms with Gasteiger partial charge in [-0.2, -0.15) is 0 Å². The summed E-state index contributed by atoms with van der Waals surface area (Å²) in [5, 5.41) is 14.1. The molecule has 1 aliphatic heterocycles. The van der Waals surface area contributed by atoms with Gasteiger partial charge >= 0.3 is 0 Å². The van der Waals surface area contributed by atoms with Crippen molar-refractivity contribution in [3.8, 4) is 0 Å². The number of nitrogens with zero attached hydrogens (tertiary/aromatic N) is 2. The summed E-state index contributed by atoms with van der Waals surface area (Å²) in [7, 11) is 0. The Kier molecular flexibility index (Phi) is 5.68. The van der Waals surface area contributed by atoms with Crippen LogP contribution in [0.15, 0.2) is 29.3 Å². The van der Waals surface area contributed by atoms with Crippen LogP contribution in [-0.2, 0) is 0 Å². The minimum absolute atomic E-state index is 0.362. The van der Waals surface area contributed by atoms with Crippen LogP contribution in [-0.4, -0.2) is 42.1 Å². The highest BCUT2D eigenvalue weighted by Gasteiger charge is 2.16. The summed E-state index contributed by atoms with van der Waals surface area (Å²) in [6.07, 6.45) is 1.83. The van der Waals surface area contributed by atoms with Crippen molar-refractivity contribution in [2.75, 3.05) is 26.2 Å². The molecule has 1 aliphatic rings. The smallest absolute Gasteiger partial charge is 0.194 e. The predicted molar refractivity (Wildman–Crippen MR) is 83.2 cm³/mol. The summed E-state index contributed by atoms with van der Waals surface area (Å²) in [5.41, 5.74) is 0.843. The van der Waals surface area contributed by atoms with Crippen molar-refractivity contribution in [1.82, 2.24) is 10.2 Å². The third kappa shape index (κ3) is 4.12. The zero-order valence-corrected chi connectivity index (χ0v) is 12.6. The lowest BCUT2D eigenvalue weighted by atomic mass is 10.1. The first-order valence-corrected chi connectivity index (χ1v) is 7.55. The molecule has 0 radical (unpaired) electrons. The van der Waals surface area contributed by atoms with Crippen molar-refractivity contribution in [2.24, 2.45) is 4.99 Å². The Labute approximate surface area is 125 Å². The third-order valence-corrected chi connectivity index (χ3v) is 3.66. The maximum absolute atomic E-state index is 10.2. The molecule has 1 saturated heterocycles. The van der Waals surface area contributed by atoms with Crippen molar-refractivity contribution >= 4 is 17.6 Å². The number of benzene rings is 1. The molecular formula is C15H22ClN3O. The normalized spacial score (nSPS) is 17.4. The number of guanidine groups is 1. The molecule has 0 saturated carbocycles. The third-order valence-electron chi connectivity index (χ3n) is 3.41. The van der Waals surface area contributed by atoms with Gasteiger partial charge in [-0.25, -0.2) is 0 Å². The molecule has 1 aromatic rings. The molecule has 0 aliphatic carbocycles. The summed E-state index contributed by atoms with van der Waals surface area (Å²) in [6.45, 7) is 5.35. The SMILES string of the molecule is CCNC(=NCC(O)c1ccc(Cl)cc1)N1CCCC1. The quantitative estimate of drug-likeness (QED) is 0.662. The second kappa shape index (κ2) is 7.50. The molecule has 1 unspecified atom stereocenters. The Morgan fingerprint density at radius 2 is 2.00 bits per heavy atom. The van der Waals surface area contributed by atoms with E-state index < -0.39 is 6.10 Å². The van der Waals surface area contributed by atoms with Crippen LogP contribution in [0, 0.1) is 0 Å². The van der Waals surface area contributed by atoms with Crippen molar-refractivity contribution in [3.05, 3.63) is 34.9 Å². The van der Waals surface area contributed by atoms with Crippen molar-refractivity contribution < 1.29 is 5.11 Å². The number of hydrogen-bond donors (Lipinski definition) is 2. The lowest BCUT2D eigenvalue weighted by Gasteiger charge is -2.21. The first kappa shape index (κ1) is 15.1. The second-order valence-corrected chi connectivity index (χ2v) is 5.39. The van der Waals surface area contributed by atoms with Gasteiger partial charge in [-0.05, 0) is 37.5 Å². The highest BCUT2D eigenvalue weighted by atomic mass is 35.5. The van der Waals surface area contributed by atoms with E-state index in [0.717, 1.165) is 31.2 Å². The van der Waals surface area contributed by atoms with E-state index in [0.29, 0.717) is 11.6 Å². The zero-order chi connectivity index (χ0) is 14.4. The maximum atomic E-state index is 10.2. The zero-order valence-electron chi connectivity index (χ0n) is 11.8. The minimum Gasteiger partial charge on any atom is -0.386 e. The number of likely N-dealkylation sites (tertiary alicyclic amines) is 1. The average molecular weight is 296 g/mol. The molecule has 110 valence electrons. The number of halogens is 1. The maximum Gasteiger partial charge on any atom is 0.194 e. The van der Waals surface area contributed by atoms with E-state index in [1.54, 1.807) is 12.1 Å². The number of aliphatic hydroxyl groups is 1. The monoisotopic (exact) mass is 295 g/mol. The summed E-state index contributed by atoms with van der Waals surface area (Å²) in [5.74, 6) is 0.901. The van der Waals surface area contributed by atoms with Crippen LogP contribution in [0.2, 0.25) is 5.02 Å². The van der Waals surface area contributed by atoms with E-state index in [4.69, 9.17) is 11.6 Å². The Morgan fingerprint density at radius 1 is 1.35 bits per heavy atom. The molecule has 0 amide bonds. The molecule has 0 aromatic heterocycles. The van der Waals surface area contributed by atoms with Gasteiger partial charge in [-0.1, -0.05) is 23.7 Å². The molecule has 4 nitrogen and oxygen atoms in total. The van der Waals surface area contributed by atoms with Crippen molar-refractivity contribution in [2.45, 2.75) is 25.9 Å². The Morgan fingerprint density at radius 3 is 2.60 bits per heavy atom. The lowest BCUT2D eigenvalue weighted by molar-refractivity contribution is 0.186. The van der Waals surface area contributed by atoms with Gasteiger partial charge in [0, 0.05) is 24.7 Å². The van der Waals surface area contributed by atoms with Gasteiger partial charge in [-0.15, -0.1) is 0 Å². The molecule has 1 atom stereocenters. The molecule has 1 aromatic carbocycles. The molecule has 1 heterocycles. The predicted octanol–water partition coefficient (Wildman–Crippen LogP) is 2.43. The summed E-state index contributed by atoms with van der Waals surface area (Å²) >= 11 is 5.85. The standard InChI is InChI=1S/C15H22ClN3O/c1-2-17-15(19-9-3-4-10-19)18-11-14(20)12-5-7-13(16)8-6-12/h5-8,14,20H,2-4,9-11H2,1H3,(H,17,18). The number of aliphatic imine (C=N–C) groups is 1. The summed E-state index contributed by atoms with van der Waals surface area (Å²) in [4.78, 5) is 6.79. The summed E-state index contributed by atoms with van der Waals surface area (Å²) in [6, 6.07) is 7.25. The first-order chi connectivity index (χ1) is 9.70. The van der Waals surface area contributed by atoms with E-state index in [2.05, 4.69) is 22.1 Å². The van der Waals surface area contributed by atoms with E-state index in [1.165, 1.54) is 12.8 Å². The van der Waals surface area contributed by atoms with Crippen LogP contribution in [0.3, 0.4) is 0 Å². The fraction of sp³-hybridized carbons (Fsp3) is 0.533. The van der Waals surface area contributed by atoms with Crippen LogP contribution >= 0.6 is 11.6 Å². The van der Waals surface area contributed by atoms with Crippen LogP contribution in [0.5, 0.6) is 0 Å². The number of aliphatic hydroxyl groups excluding tert-OH is 1. The van der Waals surface area contributed by atoms with E-state index in [1.807, 2.05) is 12.1 Å². The molecule has 1 fully saturated rings. The first-order valence-electron chi connectivity index (χ1n) is 7.17. The largest absolute Gasteiger partial charge is 0.386 e. The molecule has 2 N–H and O–H groups in total. The van der Waals surface area contributed by atoms with Gasteiger partial charge in [-0.3, -0.25) is 4.99 Å². The molecular weight excluding hydrogens is 274 g/mol. The van der Waals surface area contributed by atoms with Crippen LogP contribution in [0.4, 0.5) is 0 Å². The van der Waals surface area contributed by atoms with Gasteiger partial charge in [0.25, 0.3) is 0 Å². The van der Waals surface area contributed by atoms with Gasteiger partial charge in [0.05, 0.1) is 12.6 Å². The van der Waals surface area contributed by atoms with Gasteiger partial charge in [0.15, 0.2) is 5.96 Å². The summed E-state index contributed by atoms with van der Waals surface area (Å²) < 4.78 is 0. The van der Waals surface area contributed by atoms with Crippen LogP contribution < -0.4 is 5.32 Å². The van der Waals surface area contributed by atoms with Gasteiger partial charge in [0.1, 0.15) is 0 Å². The molecule has 5 heteroatoms. The van der Waals surface area contributed by atoms with Crippen LogP contribution in [0.25, 0.3) is 0 Å². The van der Waals surface area contributed by atoms with Gasteiger partial charge in [0.2, 0.25) is 0 Å². The molecule has 0 bridgehead atoms. The van der Waals surface area contributed by atoms with E-state index in [-0.39, 0.29) is 0 Å². The molecule has 20 heavy (non-hydrogen) atoms. The highest BCUT2D eigenvalue weighted by Crippen LogP contribution is 2.17. The number of nitrogens with one attached hydrogen (secondary N) is 1.